The van der Waals surface area contributed by atoms with Crippen LogP contribution in [0.25, 0.3) is 11.5 Å². The number of hydrogen-bond acceptors (Lipinski definition) is 1. The molecule has 3 nitrogen and oxygen atoms in total. The van der Waals surface area contributed by atoms with E-state index < -0.39 is 0 Å². The van der Waals surface area contributed by atoms with Crippen LogP contribution in [0.3, 0.4) is 0 Å². The Hall–Kier alpha value is -0.602. The number of rotatable bonds is 6. The first-order valence-corrected chi connectivity index (χ1v) is 15.2. The predicted molar refractivity (Wildman–Crippen MR) is 141 cm³/mol. The minimum atomic E-state index is -0.0799. The first-order valence-electron chi connectivity index (χ1n) is 12.4. The van der Waals surface area contributed by atoms with Crippen LogP contribution in [0.1, 0.15) is 101 Å². The Labute approximate surface area is 218 Å². The summed E-state index contributed by atoms with van der Waals surface area (Å²) in [5.41, 5.74) is 20.8. The summed E-state index contributed by atoms with van der Waals surface area (Å²) in [5, 5.41) is 10.7. The van der Waals surface area contributed by atoms with Crippen molar-refractivity contribution in [1.29, 1.82) is 0 Å². The molecule has 4 unspecified atom stereocenters. The molecule has 0 aliphatic heterocycles. The standard InChI is InChI=1S/C22H32O.C6H12N2.ClH.Pt/c1-6-7-8-9-18-13-17(5)22(21(23)14-18)20-12-16(4)10-11-19(20)15(2)3;7-5-3-1-2-4-6(5)8;;/h12-14,19-20,23H,2,6-11H2,1,3-5H3;5-8H,1-4H2;1H;/q;-2;;+1/p-1. The molecule has 1 aromatic rings. The van der Waals surface area contributed by atoms with Gasteiger partial charge in [0.2, 0.25) is 0 Å². The molecule has 4 atom stereocenters. The second kappa shape index (κ2) is 16.1. The molecule has 191 valence electrons. The third kappa shape index (κ3) is 9.88. The molecule has 1 fully saturated rings. The number of allylic oxidation sites excluding steroid dienone is 3. The molecule has 0 spiro atoms. The molecule has 33 heavy (non-hydrogen) atoms. The van der Waals surface area contributed by atoms with E-state index in [2.05, 4.69) is 55.8 Å². The van der Waals surface area contributed by atoms with Gasteiger partial charge in [-0.25, -0.2) is 0 Å². The zero-order valence-corrected chi connectivity index (χ0v) is 24.0. The van der Waals surface area contributed by atoms with Gasteiger partial charge in [-0.1, -0.05) is 75.3 Å². The molecule has 2 aliphatic carbocycles. The van der Waals surface area contributed by atoms with Crippen LogP contribution in [0.15, 0.2) is 35.9 Å². The number of unbranched alkanes of at least 4 members (excludes halogenated alkanes) is 2. The van der Waals surface area contributed by atoms with Crippen LogP contribution in [0.2, 0.25) is 0 Å². The normalized spacial score (nSPS) is 24.6. The Balaban J connectivity index is 0.000000454. The molecular weight excluding hydrogens is 611 g/mol. The molecule has 0 saturated heterocycles. The fraction of sp³-hybridized carbons (Fsp3) is 0.643. The van der Waals surface area contributed by atoms with E-state index in [-0.39, 0.29) is 18.0 Å². The number of hydrogen-bond donors (Lipinski definition) is 1. The van der Waals surface area contributed by atoms with E-state index in [4.69, 9.17) is 11.5 Å². The molecule has 0 radical (unpaired) electrons. The van der Waals surface area contributed by atoms with Crippen LogP contribution in [-0.2, 0) is 25.2 Å². The van der Waals surface area contributed by atoms with Gasteiger partial charge in [-0.05, 0) is 69.6 Å². The minimum absolute atomic E-state index is 0.0799. The predicted octanol–water partition coefficient (Wildman–Crippen LogP) is 9.54. The Kier molecular flexibility index (Phi) is 14.9. The van der Waals surface area contributed by atoms with E-state index in [1.54, 1.807) is 18.8 Å². The molecule has 3 N–H and O–H groups in total. The van der Waals surface area contributed by atoms with Crippen LogP contribution in [0, 0.1) is 12.8 Å². The van der Waals surface area contributed by atoms with Crippen LogP contribution in [0.5, 0.6) is 5.75 Å². The van der Waals surface area contributed by atoms with E-state index in [0.29, 0.717) is 11.7 Å². The van der Waals surface area contributed by atoms with E-state index in [1.807, 2.05) is 6.07 Å². The molecule has 0 amide bonds. The topological polar surface area (TPSA) is 67.8 Å². The maximum atomic E-state index is 10.7. The number of phenols is 1. The van der Waals surface area contributed by atoms with Crippen LogP contribution in [0.4, 0.5) is 0 Å². The van der Waals surface area contributed by atoms with E-state index in [9.17, 15) is 5.11 Å². The van der Waals surface area contributed by atoms with Crippen molar-refractivity contribution in [3.05, 3.63) is 64.1 Å². The largest absolute Gasteiger partial charge is 0.676 e. The Morgan fingerprint density at radius 1 is 1.09 bits per heavy atom. The van der Waals surface area contributed by atoms with Crippen LogP contribution < -0.4 is 0 Å². The van der Waals surface area contributed by atoms with Crippen LogP contribution >= 0.6 is 9.42 Å². The Morgan fingerprint density at radius 2 is 1.70 bits per heavy atom. The summed E-state index contributed by atoms with van der Waals surface area (Å²) in [6, 6.07) is 4.11. The van der Waals surface area contributed by atoms with Gasteiger partial charge in [-0.15, -0.1) is 0 Å². The molecule has 1 saturated carbocycles. The summed E-state index contributed by atoms with van der Waals surface area (Å²) in [6.45, 7) is 12.9. The second-order valence-electron chi connectivity index (χ2n) is 9.83. The SMILES string of the molecule is C=C(C)C1CCC(C)=CC1c1c(C)cc(CCCCC)cc1O.[Cl][Pt].[NH-]C1CCCCC1[NH-]. The van der Waals surface area contributed by atoms with Crippen molar-refractivity contribution < 1.29 is 23.9 Å². The summed E-state index contributed by atoms with van der Waals surface area (Å²) >= 11 is 1.61. The zero-order chi connectivity index (χ0) is 25.0. The first kappa shape index (κ1) is 30.4. The molecule has 5 heteroatoms. The van der Waals surface area contributed by atoms with Crippen molar-refractivity contribution in [3.63, 3.8) is 0 Å². The molecule has 3 rings (SSSR count). The van der Waals surface area contributed by atoms with Gasteiger partial charge in [0.1, 0.15) is 5.75 Å². The number of aromatic hydroxyl groups is 1. The van der Waals surface area contributed by atoms with Crippen molar-refractivity contribution in [2.75, 3.05) is 0 Å². The van der Waals surface area contributed by atoms with Gasteiger partial charge in [0.25, 0.3) is 0 Å². The van der Waals surface area contributed by atoms with Crippen molar-refractivity contribution in [3.8, 4) is 5.75 Å². The summed E-state index contributed by atoms with van der Waals surface area (Å²) in [6.07, 6.45) is 13.6. The molecule has 0 aromatic heterocycles. The number of phenolic OH excluding ortho intramolecular Hbond substituents is 1. The van der Waals surface area contributed by atoms with Gasteiger partial charge in [0, 0.05) is 11.5 Å². The summed E-state index contributed by atoms with van der Waals surface area (Å²) in [4.78, 5) is 0. The van der Waals surface area contributed by atoms with E-state index in [1.165, 1.54) is 54.4 Å². The molecule has 0 bridgehead atoms. The van der Waals surface area contributed by atoms with Crippen molar-refractivity contribution >= 4 is 9.42 Å². The second-order valence-corrected chi connectivity index (χ2v) is 9.83. The molecule has 1 aromatic carbocycles. The van der Waals surface area contributed by atoms with Gasteiger partial charge in [0.15, 0.2) is 0 Å². The molecule has 2 aliphatic rings. The van der Waals surface area contributed by atoms with Gasteiger partial charge in [-0.2, -0.15) is 12.1 Å². The Bertz CT molecular complexity index is 731. The summed E-state index contributed by atoms with van der Waals surface area (Å²) in [7, 11) is 4.61. The zero-order valence-electron chi connectivity index (χ0n) is 21.0. The van der Waals surface area contributed by atoms with Crippen molar-refractivity contribution in [2.24, 2.45) is 5.92 Å². The third-order valence-electron chi connectivity index (χ3n) is 6.97. The number of benzene rings is 1. The van der Waals surface area contributed by atoms with Crippen molar-refractivity contribution in [2.45, 2.75) is 110 Å². The van der Waals surface area contributed by atoms with Gasteiger partial charge in [0.05, 0.1) is 0 Å². The first-order chi connectivity index (χ1) is 15.7. The smallest absolute Gasteiger partial charge is 0.0548 e. The number of halogens is 1. The summed E-state index contributed by atoms with van der Waals surface area (Å²) in [5.74, 6) is 1.18. The average molecular weight is 655 g/mol. The summed E-state index contributed by atoms with van der Waals surface area (Å²) < 4.78 is 0. The third-order valence-corrected chi connectivity index (χ3v) is 6.97. The van der Waals surface area contributed by atoms with Crippen LogP contribution in [-0.4, -0.2) is 17.2 Å². The number of aryl methyl sites for hydroxylation is 2. The van der Waals surface area contributed by atoms with E-state index >= 15 is 0 Å². The Morgan fingerprint density at radius 3 is 2.18 bits per heavy atom. The van der Waals surface area contributed by atoms with Gasteiger partial charge in [-0.3, -0.25) is 0 Å². The maximum Gasteiger partial charge on any atom is -0.0548 e. The van der Waals surface area contributed by atoms with Gasteiger partial charge < -0.3 is 16.6 Å². The monoisotopic (exact) mass is 654 g/mol. The van der Waals surface area contributed by atoms with E-state index in [0.717, 1.165) is 37.7 Å². The maximum absolute atomic E-state index is 10.7. The van der Waals surface area contributed by atoms with Gasteiger partial charge >= 0.3 is 28.2 Å². The average Bonchev–Trinajstić information content (AvgIpc) is 2.77. The fourth-order valence-electron chi connectivity index (χ4n) is 5.05. The minimum Gasteiger partial charge on any atom is -0.676 e. The molecule has 0 heterocycles. The fourth-order valence-corrected chi connectivity index (χ4v) is 5.05. The quantitative estimate of drug-likeness (QED) is 0.241. The molecular formula is C28H44ClN2OPt-2. The number of nitrogens with one attached hydrogen (secondary N) is 2. The van der Waals surface area contributed by atoms with Crippen molar-refractivity contribution in [1.82, 2.24) is 0 Å².